The molecule has 0 spiro atoms. The zero-order valence-corrected chi connectivity index (χ0v) is 15.6. The molecule has 0 aromatic heterocycles. The van der Waals surface area contributed by atoms with E-state index in [1.165, 1.54) is 11.8 Å². The van der Waals surface area contributed by atoms with Crippen LogP contribution < -0.4 is 15.8 Å². The number of anilines is 2. The minimum atomic E-state index is -0.255. The topological polar surface area (TPSA) is 64.3 Å². The molecule has 0 atom stereocenters. The fourth-order valence-corrected chi connectivity index (χ4v) is 3.46. The Hall–Kier alpha value is -2.63. The van der Waals surface area contributed by atoms with E-state index in [0.717, 1.165) is 9.79 Å². The van der Waals surface area contributed by atoms with Gasteiger partial charge < -0.3 is 15.8 Å². The van der Waals surface area contributed by atoms with Crippen LogP contribution in [-0.4, -0.2) is 13.0 Å². The Bertz CT molecular complexity index is 929. The van der Waals surface area contributed by atoms with Crippen molar-refractivity contribution in [2.75, 3.05) is 18.2 Å². The molecule has 0 aliphatic rings. The number of hydrogen-bond acceptors (Lipinski definition) is 4. The smallest absolute Gasteiger partial charge is 0.256 e. The van der Waals surface area contributed by atoms with Gasteiger partial charge in [0.05, 0.1) is 18.4 Å². The van der Waals surface area contributed by atoms with Gasteiger partial charge in [0.25, 0.3) is 5.91 Å². The summed E-state index contributed by atoms with van der Waals surface area (Å²) in [7, 11) is 1.56. The first kappa shape index (κ1) is 18.2. The van der Waals surface area contributed by atoms with E-state index in [4.69, 9.17) is 22.1 Å². The van der Waals surface area contributed by atoms with E-state index in [9.17, 15) is 4.79 Å². The third-order valence-electron chi connectivity index (χ3n) is 3.65. The Morgan fingerprint density at radius 2 is 1.81 bits per heavy atom. The second-order valence-corrected chi connectivity index (χ2v) is 7.02. The SMILES string of the molecule is COc1ccccc1NC(=O)c1cc(Cl)ccc1Sc1ccc(N)cc1. The Morgan fingerprint density at radius 1 is 1.08 bits per heavy atom. The predicted octanol–water partition coefficient (Wildman–Crippen LogP) is 5.33. The third-order valence-corrected chi connectivity index (χ3v) is 4.97. The molecule has 0 radical (unpaired) electrons. The first-order valence-electron chi connectivity index (χ1n) is 7.84. The molecule has 3 rings (SSSR count). The van der Waals surface area contributed by atoms with Crippen molar-refractivity contribution in [2.45, 2.75) is 9.79 Å². The zero-order valence-electron chi connectivity index (χ0n) is 14.0. The summed E-state index contributed by atoms with van der Waals surface area (Å²) < 4.78 is 5.29. The van der Waals surface area contributed by atoms with E-state index in [1.54, 1.807) is 31.4 Å². The van der Waals surface area contributed by atoms with Gasteiger partial charge in [-0.15, -0.1) is 0 Å². The fourth-order valence-electron chi connectivity index (χ4n) is 2.37. The molecule has 0 saturated carbocycles. The molecule has 3 aromatic carbocycles. The van der Waals surface area contributed by atoms with E-state index in [-0.39, 0.29) is 5.91 Å². The second-order valence-electron chi connectivity index (χ2n) is 5.47. The zero-order chi connectivity index (χ0) is 18.5. The molecule has 0 bridgehead atoms. The van der Waals surface area contributed by atoms with Crippen LogP contribution in [0.15, 0.2) is 76.5 Å². The standard InChI is InChI=1S/C20H17ClN2O2S/c1-25-18-5-3-2-4-17(18)23-20(24)16-12-13(21)6-11-19(16)26-15-9-7-14(22)8-10-15/h2-12H,22H2,1H3,(H,23,24). The van der Waals surface area contributed by atoms with Crippen molar-refractivity contribution >= 4 is 40.6 Å². The van der Waals surface area contributed by atoms with E-state index in [1.807, 2.05) is 42.5 Å². The first-order chi connectivity index (χ1) is 12.6. The molecule has 0 saturated heterocycles. The van der Waals surface area contributed by atoms with Crippen LogP contribution in [0.3, 0.4) is 0 Å². The average molecular weight is 385 g/mol. The summed E-state index contributed by atoms with van der Waals surface area (Å²) in [4.78, 5) is 14.6. The number of ether oxygens (including phenoxy) is 1. The summed E-state index contributed by atoms with van der Waals surface area (Å²) in [5.41, 5.74) is 7.51. The van der Waals surface area contributed by atoms with Crippen molar-refractivity contribution in [1.82, 2.24) is 0 Å². The molecule has 0 aliphatic heterocycles. The average Bonchev–Trinajstić information content (AvgIpc) is 2.65. The van der Waals surface area contributed by atoms with Gasteiger partial charge in [-0.25, -0.2) is 0 Å². The van der Waals surface area contributed by atoms with E-state index >= 15 is 0 Å². The number of amides is 1. The van der Waals surface area contributed by atoms with Crippen LogP contribution in [0, 0.1) is 0 Å². The number of carbonyl (C=O) groups is 1. The summed E-state index contributed by atoms with van der Waals surface area (Å²) in [5, 5.41) is 3.38. The Morgan fingerprint density at radius 3 is 2.54 bits per heavy atom. The molecular formula is C20H17ClN2O2S. The lowest BCUT2D eigenvalue weighted by Gasteiger charge is -2.13. The number of nitrogens with one attached hydrogen (secondary N) is 1. The number of nitrogen functional groups attached to an aromatic ring is 1. The van der Waals surface area contributed by atoms with Gasteiger partial charge in [0, 0.05) is 20.5 Å². The van der Waals surface area contributed by atoms with Crippen molar-refractivity contribution < 1.29 is 9.53 Å². The quantitative estimate of drug-likeness (QED) is 0.583. The highest BCUT2D eigenvalue weighted by Crippen LogP contribution is 2.33. The molecule has 26 heavy (non-hydrogen) atoms. The lowest BCUT2D eigenvalue weighted by atomic mass is 10.2. The van der Waals surface area contributed by atoms with Crippen LogP contribution >= 0.6 is 23.4 Å². The van der Waals surface area contributed by atoms with Gasteiger partial charge in [0.2, 0.25) is 0 Å². The van der Waals surface area contributed by atoms with E-state index in [2.05, 4.69) is 5.32 Å². The lowest BCUT2D eigenvalue weighted by Crippen LogP contribution is -2.13. The van der Waals surface area contributed by atoms with E-state index < -0.39 is 0 Å². The molecule has 1 amide bonds. The lowest BCUT2D eigenvalue weighted by molar-refractivity contribution is 0.102. The van der Waals surface area contributed by atoms with Crippen molar-refractivity contribution in [3.8, 4) is 5.75 Å². The maximum atomic E-state index is 12.8. The van der Waals surface area contributed by atoms with Gasteiger partial charge >= 0.3 is 0 Å². The van der Waals surface area contributed by atoms with Crippen molar-refractivity contribution in [3.05, 3.63) is 77.3 Å². The first-order valence-corrected chi connectivity index (χ1v) is 9.03. The highest BCUT2D eigenvalue weighted by atomic mass is 35.5. The van der Waals surface area contributed by atoms with Crippen LogP contribution in [0.2, 0.25) is 5.02 Å². The normalized spacial score (nSPS) is 10.4. The van der Waals surface area contributed by atoms with Crippen molar-refractivity contribution in [1.29, 1.82) is 0 Å². The number of nitrogens with two attached hydrogens (primary N) is 1. The molecule has 0 unspecified atom stereocenters. The molecular weight excluding hydrogens is 368 g/mol. The Kier molecular flexibility index (Phi) is 5.71. The highest BCUT2D eigenvalue weighted by Gasteiger charge is 2.15. The molecule has 6 heteroatoms. The number of benzene rings is 3. The summed E-state index contributed by atoms with van der Waals surface area (Å²) in [5.74, 6) is 0.338. The predicted molar refractivity (Wildman–Crippen MR) is 107 cm³/mol. The van der Waals surface area contributed by atoms with Gasteiger partial charge in [-0.3, -0.25) is 4.79 Å². The largest absolute Gasteiger partial charge is 0.495 e. The monoisotopic (exact) mass is 384 g/mol. The molecule has 0 heterocycles. The number of halogens is 1. The van der Waals surface area contributed by atoms with Gasteiger partial charge in [-0.2, -0.15) is 0 Å². The maximum Gasteiger partial charge on any atom is 0.256 e. The Labute approximate surface area is 161 Å². The molecule has 4 nitrogen and oxygen atoms in total. The van der Waals surface area contributed by atoms with Crippen LogP contribution in [0.4, 0.5) is 11.4 Å². The number of rotatable bonds is 5. The third kappa shape index (κ3) is 4.31. The van der Waals surface area contributed by atoms with Crippen LogP contribution in [0.1, 0.15) is 10.4 Å². The number of para-hydroxylation sites is 2. The molecule has 132 valence electrons. The summed E-state index contributed by atoms with van der Waals surface area (Å²) >= 11 is 7.59. The van der Waals surface area contributed by atoms with Crippen molar-refractivity contribution in [2.24, 2.45) is 0 Å². The van der Waals surface area contributed by atoms with Gasteiger partial charge in [0.1, 0.15) is 5.75 Å². The minimum Gasteiger partial charge on any atom is -0.495 e. The van der Waals surface area contributed by atoms with Crippen LogP contribution in [0.25, 0.3) is 0 Å². The minimum absolute atomic E-state index is 0.255. The van der Waals surface area contributed by atoms with Crippen LogP contribution in [-0.2, 0) is 0 Å². The number of hydrogen-bond donors (Lipinski definition) is 2. The molecule has 0 fully saturated rings. The maximum absolute atomic E-state index is 12.8. The number of methoxy groups -OCH3 is 1. The fraction of sp³-hybridized carbons (Fsp3) is 0.0500. The summed E-state index contributed by atoms with van der Waals surface area (Å²) in [6.45, 7) is 0. The molecule has 0 aliphatic carbocycles. The summed E-state index contributed by atoms with van der Waals surface area (Å²) in [6.07, 6.45) is 0. The number of carbonyl (C=O) groups excluding carboxylic acids is 1. The summed E-state index contributed by atoms with van der Waals surface area (Å²) in [6, 6.07) is 20.0. The molecule has 3 N–H and O–H groups in total. The van der Waals surface area contributed by atoms with Gasteiger partial charge in [-0.1, -0.05) is 35.5 Å². The van der Waals surface area contributed by atoms with E-state index in [0.29, 0.717) is 27.7 Å². The highest BCUT2D eigenvalue weighted by molar-refractivity contribution is 7.99. The van der Waals surface area contributed by atoms with Gasteiger partial charge in [0.15, 0.2) is 0 Å². The van der Waals surface area contributed by atoms with Crippen LogP contribution in [0.5, 0.6) is 5.75 Å². The second kappa shape index (κ2) is 8.17. The van der Waals surface area contributed by atoms with Gasteiger partial charge in [-0.05, 0) is 54.6 Å². The molecule has 3 aromatic rings. The Balaban J connectivity index is 1.89. The van der Waals surface area contributed by atoms with Crippen molar-refractivity contribution in [3.63, 3.8) is 0 Å².